The van der Waals surface area contributed by atoms with E-state index in [2.05, 4.69) is 19.2 Å². The van der Waals surface area contributed by atoms with E-state index in [0.717, 1.165) is 12.8 Å². The molecular weight excluding hydrogens is 230 g/mol. The quantitative estimate of drug-likeness (QED) is 0.702. The van der Waals surface area contributed by atoms with Crippen molar-refractivity contribution < 1.29 is 14.7 Å². The van der Waals surface area contributed by atoms with Gasteiger partial charge < -0.3 is 10.4 Å². The van der Waals surface area contributed by atoms with Crippen LogP contribution in [0.2, 0.25) is 0 Å². The van der Waals surface area contributed by atoms with E-state index in [-0.39, 0.29) is 12.5 Å². The maximum absolute atomic E-state index is 12.0. The molecule has 0 aromatic carbocycles. The van der Waals surface area contributed by atoms with Crippen LogP contribution >= 0.6 is 0 Å². The Morgan fingerprint density at radius 1 is 1.28 bits per heavy atom. The van der Waals surface area contributed by atoms with Crippen LogP contribution in [0.15, 0.2) is 0 Å². The first-order chi connectivity index (χ1) is 8.20. The second kappa shape index (κ2) is 7.39. The second-order valence-electron chi connectivity index (χ2n) is 6.02. The Hall–Kier alpha value is -1.06. The van der Waals surface area contributed by atoms with Crippen LogP contribution < -0.4 is 5.32 Å². The number of carboxylic acids is 1. The third-order valence-corrected chi connectivity index (χ3v) is 3.03. The molecule has 4 nitrogen and oxygen atoms in total. The van der Waals surface area contributed by atoms with E-state index in [1.807, 2.05) is 20.8 Å². The Labute approximate surface area is 110 Å². The largest absolute Gasteiger partial charge is 0.481 e. The predicted octanol–water partition coefficient (Wildman–Crippen LogP) is 2.68. The minimum atomic E-state index is -0.834. The average Bonchev–Trinajstić information content (AvgIpc) is 2.21. The molecule has 0 aliphatic heterocycles. The molecule has 0 aromatic heterocycles. The highest BCUT2D eigenvalue weighted by Gasteiger charge is 2.29. The molecule has 0 rings (SSSR count). The van der Waals surface area contributed by atoms with Crippen LogP contribution in [-0.4, -0.2) is 23.5 Å². The van der Waals surface area contributed by atoms with Crippen molar-refractivity contribution in [1.82, 2.24) is 5.32 Å². The first-order valence-corrected chi connectivity index (χ1v) is 6.71. The molecule has 18 heavy (non-hydrogen) atoms. The zero-order chi connectivity index (χ0) is 14.3. The van der Waals surface area contributed by atoms with Gasteiger partial charge in [0.1, 0.15) is 0 Å². The number of carbonyl (C=O) groups excluding carboxylic acids is 1. The summed E-state index contributed by atoms with van der Waals surface area (Å²) in [5.41, 5.74) is -0.441. The van der Waals surface area contributed by atoms with E-state index in [1.165, 1.54) is 0 Å². The number of hydrogen-bond acceptors (Lipinski definition) is 2. The van der Waals surface area contributed by atoms with Crippen LogP contribution in [0.25, 0.3) is 0 Å². The van der Waals surface area contributed by atoms with Crippen LogP contribution in [0, 0.1) is 17.3 Å². The van der Waals surface area contributed by atoms with Crippen LogP contribution in [-0.2, 0) is 9.59 Å². The number of aliphatic carboxylic acids is 1. The molecule has 0 aliphatic rings. The summed E-state index contributed by atoms with van der Waals surface area (Å²) in [6.45, 7) is 10.1. The van der Waals surface area contributed by atoms with Crippen LogP contribution in [0.5, 0.6) is 0 Å². The molecular formula is C14H27NO3. The van der Waals surface area contributed by atoms with Crippen LogP contribution in [0.3, 0.4) is 0 Å². The van der Waals surface area contributed by atoms with Gasteiger partial charge in [-0.3, -0.25) is 9.59 Å². The van der Waals surface area contributed by atoms with Crippen LogP contribution in [0.4, 0.5) is 0 Å². The van der Waals surface area contributed by atoms with Gasteiger partial charge in [0, 0.05) is 12.0 Å². The first kappa shape index (κ1) is 16.9. The molecule has 0 heterocycles. The molecule has 0 aromatic rings. The number of hydrogen-bond donors (Lipinski definition) is 2. The molecule has 0 aliphatic carbocycles. The Bertz CT molecular complexity index is 285. The molecule has 0 bridgehead atoms. The number of carbonyl (C=O) groups is 2. The summed E-state index contributed by atoms with van der Waals surface area (Å²) in [6.07, 6.45) is 2.20. The number of rotatable bonds is 8. The van der Waals surface area contributed by atoms with Gasteiger partial charge in [-0.15, -0.1) is 0 Å². The maximum Gasteiger partial charge on any atom is 0.308 e. The van der Waals surface area contributed by atoms with E-state index in [1.54, 1.807) is 0 Å². The molecule has 1 unspecified atom stereocenters. The lowest BCUT2D eigenvalue weighted by Gasteiger charge is -2.26. The van der Waals surface area contributed by atoms with Gasteiger partial charge in [-0.05, 0) is 18.8 Å². The van der Waals surface area contributed by atoms with Crippen molar-refractivity contribution >= 4 is 11.9 Å². The summed E-state index contributed by atoms with van der Waals surface area (Å²) in [4.78, 5) is 23.0. The molecule has 4 heteroatoms. The van der Waals surface area contributed by atoms with Gasteiger partial charge in [0.25, 0.3) is 0 Å². The van der Waals surface area contributed by atoms with E-state index in [0.29, 0.717) is 12.3 Å². The van der Waals surface area contributed by atoms with Crippen molar-refractivity contribution in [2.75, 3.05) is 6.54 Å². The number of nitrogens with one attached hydrogen (secondary N) is 1. The lowest BCUT2D eigenvalue weighted by molar-refractivity contribution is -0.142. The molecule has 0 saturated carbocycles. The van der Waals surface area contributed by atoms with Gasteiger partial charge in [-0.25, -0.2) is 0 Å². The van der Waals surface area contributed by atoms with E-state index in [9.17, 15) is 9.59 Å². The Balaban J connectivity index is 4.34. The third-order valence-electron chi connectivity index (χ3n) is 3.03. The Morgan fingerprint density at radius 2 is 1.83 bits per heavy atom. The third kappa shape index (κ3) is 6.03. The van der Waals surface area contributed by atoms with Crippen molar-refractivity contribution in [2.45, 2.75) is 53.9 Å². The zero-order valence-electron chi connectivity index (χ0n) is 12.2. The van der Waals surface area contributed by atoms with Gasteiger partial charge in [0.15, 0.2) is 0 Å². The molecule has 0 fully saturated rings. The minimum Gasteiger partial charge on any atom is -0.481 e. The Kier molecular flexibility index (Phi) is 6.96. The monoisotopic (exact) mass is 257 g/mol. The molecule has 2 N–H and O–H groups in total. The van der Waals surface area contributed by atoms with Gasteiger partial charge in [-0.2, -0.15) is 0 Å². The highest BCUT2D eigenvalue weighted by atomic mass is 16.4. The summed E-state index contributed by atoms with van der Waals surface area (Å²) in [6, 6.07) is 0. The lowest BCUT2D eigenvalue weighted by Crippen LogP contribution is -2.41. The maximum atomic E-state index is 12.0. The van der Waals surface area contributed by atoms with Crippen molar-refractivity contribution in [3.63, 3.8) is 0 Å². The molecule has 1 atom stereocenters. The predicted molar refractivity (Wildman–Crippen MR) is 72.3 cm³/mol. The van der Waals surface area contributed by atoms with Gasteiger partial charge in [-0.1, -0.05) is 41.0 Å². The van der Waals surface area contributed by atoms with Crippen molar-refractivity contribution in [3.8, 4) is 0 Å². The van der Waals surface area contributed by atoms with Crippen molar-refractivity contribution in [2.24, 2.45) is 17.3 Å². The highest BCUT2D eigenvalue weighted by molar-refractivity contribution is 5.82. The fraction of sp³-hybridized carbons (Fsp3) is 0.857. The first-order valence-electron chi connectivity index (χ1n) is 6.71. The number of amides is 1. The standard InChI is InChI=1S/C14H27NO3/c1-6-7-11(12(16)17)9-15-13(18)14(4,5)8-10(2)3/h10-11H,6-9H2,1-5H3,(H,15,18)(H,16,17). The van der Waals surface area contributed by atoms with Gasteiger partial charge in [0.2, 0.25) is 5.91 Å². The average molecular weight is 257 g/mol. The zero-order valence-corrected chi connectivity index (χ0v) is 12.2. The molecule has 1 amide bonds. The van der Waals surface area contributed by atoms with Crippen LogP contribution in [0.1, 0.15) is 53.9 Å². The fourth-order valence-electron chi connectivity index (χ4n) is 2.23. The van der Waals surface area contributed by atoms with Gasteiger partial charge in [0.05, 0.1) is 5.92 Å². The SMILES string of the molecule is CCCC(CNC(=O)C(C)(C)CC(C)C)C(=O)O. The van der Waals surface area contributed by atoms with Crippen molar-refractivity contribution in [1.29, 1.82) is 0 Å². The lowest BCUT2D eigenvalue weighted by atomic mass is 9.83. The summed E-state index contributed by atoms with van der Waals surface area (Å²) in [5, 5.41) is 11.8. The van der Waals surface area contributed by atoms with E-state index < -0.39 is 17.3 Å². The second-order valence-corrected chi connectivity index (χ2v) is 6.02. The number of carboxylic acid groups (broad SMARTS) is 1. The Morgan fingerprint density at radius 3 is 2.22 bits per heavy atom. The van der Waals surface area contributed by atoms with E-state index >= 15 is 0 Å². The summed E-state index contributed by atoms with van der Waals surface area (Å²) < 4.78 is 0. The van der Waals surface area contributed by atoms with E-state index in [4.69, 9.17) is 5.11 Å². The summed E-state index contributed by atoms with van der Waals surface area (Å²) in [5.74, 6) is -0.928. The molecule has 106 valence electrons. The smallest absolute Gasteiger partial charge is 0.308 e. The minimum absolute atomic E-state index is 0.0569. The normalized spacial score (nSPS) is 13.4. The summed E-state index contributed by atoms with van der Waals surface area (Å²) in [7, 11) is 0. The molecule has 0 spiro atoms. The summed E-state index contributed by atoms with van der Waals surface area (Å²) >= 11 is 0. The molecule has 0 saturated heterocycles. The van der Waals surface area contributed by atoms with Gasteiger partial charge >= 0.3 is 5.97 Å². The fourth-order valence-corrected chi connectivity index (χ4v) is 2.23. The topological polar surface area (TPSA) is 66.4 Å². The molecule has 0 radical (unpaired) electrons. The highest BCUT2D eigenvalue weighted by Crippen LogP contribution is 2.25. The van der Waals surface area contributed by atoms with Crippen molar-refractivity contribution in [3.05, 3.63) is 0 Å².